The maximum Gasteiger partial charge on any atom is 0.244 e. The second-order valence-electron chi connectivity index (χ2n) is 4.89. The van der Waals surface area contributed by atoms with Gasteiger partial charge in [-0.2, -0.15) is 5.10 Å². The van der Waals surface area contributed by atoms with Gasteiger partial charge in [-0.3, -0.25) is 5.10 Å². The van der Waals surface area contributed by atoms with E-state index < -0.39 is 10.0 Å². The van der Waals surface area contributed by atoms with Crippen LogP contribution in [0.3, 0.4) is 0 Å². The van der Waals surface area contributed by atoms with Crippen LogP contribution in [-0.4, -0.2) is 49.7 Å². The van der Waals surface area contributed by atoms with Gasteiger partial charge < -0.3 is 4.90 Å². The summed E-state index contributed by atoms with van der Waals surface area (Å²) in [7, 11) is 0.343. The van der Waals surface area contributed by atoms with Gasteiger partial charge in [0.15, 0.2) is 0 Å². The van der Waals surface area contributed by atoms with Crippen LogP contribution in [0.5, 0.6) is 0 Å². The molecule has 1 heterocycles. The highest BCUT2D eigenvalue weighted by Gasteiger charge is 2.25. The molecule has 0 aliphatic rings. The molecule has 1 rings (SSSR count). The van der Waals surface area contributed by atoms with Crippen molar-refractivity contribution in [3.05, 3.63) is 11.9 Å². The molecule has 0 fully saturated rings. The summed E-state index contributed by atoms with van der Waals surface area (Å²) in [5, 5.41) is 6.33. The Morgan fingerprint density at radius 1 is 1.47 bits per heavy atom. The van der Waals surface area contributed by atoms with Gasteiger partial charge in [0.1, 0.15) is 4.90 Å². The summed E-state index contributed by atoms with van der Waals surface area (Å²) in [4.78, 5) is 2.17. The van der Waals surface area contributed by atoms with E-state index in [0.717, 1.165) is 0 Å². The van der Waals surface area contributed by atoms with E-state index in [-0.39, 0.29) is 10.4 Å². The van der Waals surface area contributed by atoms with E-state index in [1.165, 1.54) is 6.20 Å². The SMILES string of the molecule is Cc1[nH]ncc1S(=O)(=O)NCC(C)(C)N(C)C. The molecule has 0 saturated heterocycles. The summed E-state index contributed by atoms with van der Waals surface area (Å²) in [6, 6.07) is 0. The van der Waals surface area contributed by atoms with Gasteiger partial charge in [-0.1, -0.05) is 0 Å². The van der Waals surface area contributed by atoms with Crippen molar-refractivity contribution < 1.29 is 8.42 Å². The Hall–Kier alpha value is -0.920. The molecule has 0 bridgehead atoms. The number of aryl methyl sites for hydroxylation is 1. The van der Waals surface area contributed by atoms with Crippen molar-refractivity contribution in [1.29, 1.82) is 0 Å². The van der Waals surface area contributed by atoms with Gasteiger partial charge in [-0.05, 0) is 34.9 Å². The topological polar surface area (TPSA) is 78.1 Å². The first-order chi connectivity index (χ1) is 7.67. The average Bonchev–Trinajstić information content (AvgIpc) is 2.62. The van der Waals surface area contributed by atoms with E-state index in [4.69, 9.17) is 0 Å². The van der Waals surface area contributed by atoms with Crippen molar-refractivity contribution >= 4 is 10.0 Å². The minimum Gasteiger partial charge on any atom is -0.303 e. The van der Waals surface area contributed by atoms with E-state index in [1.54, 1.807) is 6.92 Å². The summed E-state index contributed by atoms with van der Waals surface area (Å²) in [5.74, 6) is 0. The molecule has 0 aliphatic heterocycles. The number of hydrogen-bond donors (Lipinski definition) is 2. The first kappa shape index (κ1) is 14.1. The van der Waals surface area contributed by atoms with Crippen LogP contribution in [0.4, 0.5) is 0 Å². The van der Waals surface area contributed by atoms with Crippen molar-refractivity contribution in [2.75, 3.05) is 20.6 Å². The summed E-state index contributed by atoms with van der Waals surface area (Å²) in [5.41, 5.74) is 0.296. The Morgan fingerprint density at radius 3 is 2.47 bits per heavy atom. The third-order valence-corrected chi connectivity index (χ3v) is 4.49. The summed E-state index contributed by atoms with van der Waals surface area (Å²) < 4.78 is 26.6. The molecular weight excluding hydrogens is 240 g/mol. The van der Waals surface area contributed by atoms with Gasteiger partial charge >= 0.3 is 0 Å². The van der Waals surface area contributed by atoms with E-state index in [1.807, 2.05) is 32.8 Å². The lowest BCUT2D eigenvalue weighted by Gasteiger charge is -2.32. The maximum absolute atomic E-state index is 12.0. The molecule has 0 unspecified atom stereocenters. The molecule has 7 heteroatoms. The van der Waals surface area contributed by atoms with Gasteiger partial charge in [0.2, 0.25) is 10.0 Å². The fraction of sp³-hybridized carbons (Fsp3) is 0.700. The molecule has 0 radical (unpaired) electrons. The Balaban J connectivity index is 2.80. The van der Waals surface area contributed by atoms with Gasteiger partial charge in [0.25, 0.3) is 0 Å². The molecule has 0 amide bonds. The molecule has 0 saturated carbocycles. The van der Waals surface area contributed by atoms with Crippen LogP contribution in [0.15, 0.2) is 11.1 Å². The minimum absolute atomic E-state index is 0.201. The second-order valence-corrected chi connectivity index (χ2v) is 6.63. The third-order valence-electron chi connectivity index (χ3n) is 2.98. The van der Waals surface area contributed by atoms with E-state index in [9.17, 15) is 8.42 Å². The number of likely N-dealkylation sites (N-methyl/N-ethyl adjacent to an activating group) is 1. The smallest absolute Gasteiger partial charge is 0.244 e. The lowest BCUT2D eigenvalue weighted by Crippen LogP contribution is -2.48. The van der Waals surface area contributed by atoms with Crippen LogP contribution < -0.4 is 4.72 Å². The van der Waals surface area contributed by atoms with Gasteiger partial charge in [0.05, 0.1) is 11.9 Å². The van der Waals surface area contributed by atoms with Crippen LogP contribution >= 0.6 is 0 Å². The van der Waals surface area contributed by atoms with Gasteiger partial charge in [-0.15, -0.1) is 0 Å². The lowest BCUT2D eigenvalue weighted by molar-refractivity contribution is 0.199. The predicted octanol–water partition coefficient (Wildman–Crippen LogP) is 0.337. The maximum atomic E-state index is 12.0. The number of sulfonamides is 1. The molecule has 0 atom stereocenters. The zero-order valence-electron chi connectivity index (χ0n) is 10.9. The van der Waals surface area contributed by atoms with E-state index in [0.29, 0.717) is 12.2 Å². The highest BCUT2D eigenvalue weighted by atomic mass is 32.2. The third kappa shape index (κ3) is 3.27. The van der Waals surface area contributed by atoms with Crippen LogP contribution in [0, 0.1) is 6.92 Å². The number of H-pyrrole nitrogens is 1. The van der Waals surface area contributed by atoms with Crippen LogP contribution in [0.25, 0.3) is 0 Å². The second kappa shape index (κ2) is 4.75. The normalized spacial score (nSPS) is 13.3. The monoisotopic (exact) mass is 260 g/mol. The minimum atomic E-state index is -3.48. The Bertz CT molecular complexity index is 476. The quantitative estimate of drug-likeness (QED) is 0.800. The molecular formula is C10H20N4O2S. The number of nitrogens with zero attached hydrogens (tertiary/aromatic N) is 2. The fourth-order valence-corrected chi connectivity index (χ4v) is 2.46. The molecule has 1 aromatic rings. The number of aromatic amines is 1. The standard InChI is InChI=1S/C10H20N4O2S/c1-8-9(6-11-13-8)17(15,16)12-7-10(2,3)14(4)5/h6,12H,7H2,1-5H3,(H,11,13). The highest BCUT2D eigenvalue weighted by molar-refractivity contribution is 7.89. The Kier molecular flexibility index (Phi) is 3.95. The van der Waals surface area contributed by atoms with Crippen molar-refractivity contribution in [3.63, 3.8) is 0 Å². The van der Waals surface area contributed by atoms with Crippen molar-refractivity contribution in [1.82, 2.24) is 19.8 Å². The zero-order chi connectivity index (χ0) is 13.3. The number of hydrogen-bond acceptors (Lipinski definition) is 4. The molecule has 17 heavy (non-hydrogen) atoms. The highest BCUT2D eigenvalue weighted by Crippen LogP contribution is 2.13. The molecule has 0 spiro atoms. The number of aromatic nitrogens is 2. The molecule has 1 aromatic heterocycles. The van der Waals surface area contributed by atoms with Crippen LogP contribution in [0.2, 0.25) is 0 Å². The summed E-state index contributed by atoms with van der Waals surface area (Å²) >= 11 is 0. The Morgan fingerprint density at radius 2 is 2.06 bits per heavy atom. The van der Waals surface area contributed by atoms with E-state index >= 15 is 0 Å². The molecule has 6 nitrogen and oxygen atoms in total. The fourth-order valence-electron chi connectivity index (χ4n) is 1.12. The van der Waals surface area contributed by atoms with Crippen molar-refractivity contribution in [3.8, 4) is 0 Å². The molecule has 2 N–H and O–H groups in total. The molecule has 0 aliphatic carbocycles. The number of nitrogens with one attached hydrogen (secondary N) is 2. The lowest BCUT2D eigenvalue weighted by atomic mass is 10.1. The van der Waals surface area contributed by atoms with Gasteiger partial charge in [0, 0.05) is 12.1 Å². The van der Waals surface area contributed by atoms with E-state index in [2.05, 4.69) is 14.9 Å². The average molecular weight is 260 g/mol. The zero-order valence-corrected chi connectivity index (χ0v) is 11.7. The van der Waals surface area contributed by atoms with Crippen molar-refractivity contribution in [2.24, 2.45) is 0 Å². The van der Waals surface area contributed by atoms with Gasteiger partial charge in [-0.25, -0.2) is 13.1 Å². The first-order valence-corrected chi connectivity index (χ1v) is 6.82. The summed E-state index contributed by atoms with van der Waals surface area (Å²) in [6.07, 6.45) is 1.32. The predicted molar refractivity (Wildman–Crippen MR) is 66.3 cm³/mol. The summed E-state index contributed by atoms with van der Waals surface area (Å²) in [6.45, 7) is 5.96. The van der Waals surface area contributed by atoms with Crippen molar-refractivity contribution in [2.45, 2.75) is 31.2 Å². The Labute approximate surface area is 102 Å². The number of rotatable bonds is 5. The largest absolute Gasteiger partial charge is 0.303 e. The molecule has 98 valence electrons. The van der Waals surface area contributed by atoms with Crippen LogP contribution in [0.1, 0.15) is 19.5 Å². The molecule has 0 aromatic carbocycles. The van der Waals surface area contributed by atoms with Crippen LogP contribution in [-0.2, 0) is 10.0 Å². The first-order valence-electron chi connectivity index (χ1n) is 5.34.